The molecule has 6 heteroatoms. The van der Waals surface area contributed by atoms with E-state index in [4.69, 9.17) is 21.9 Å². The minimum Gasteiger partial charge on any atom is -0.455 e. The first kappa shape index (κ1) is 16.4. The number of nitrogens with one attached hydrogen (secondary N) is 2. The summed E-state index contributed by atoms with van der Waals surface area (Å²) >= 11 is 5.16. The van der Waals surface area contributed by atoms with Crippen molar-refractivity contribution in [3.8, 4) is 17.4 Å². The lowest BCUT2D eigenvalue weighted by Gasteiger charge is -2.05. The van der Waals surface area contributed by atoms with E-state index in [1.807, 2.05) is 54.6 Å². The molecule has 5 nitrogen and oxygen atoms in total. The normalized spacial score (nSPS) is 10.4. The number of anilines is 1. The molecule has 0 amide bonds. The molecule has 0 saturated heterocycles. The van der Waals surface area contributed by atoms with Gasteiger partial charge in [-0.05, 0) is 60.7 Å². The van der Waals surface area contributed by atoms with Crippen LogP contribution in [0.25, 0.3) is 11.3 Å². The van der Waals surface area contributed by atoms with Crippen LogP contribution in [-0.4, -0.2) is 11.3 Å². The highest BCUT2D eigenvalue weighted by Crippen LogP contribution is 2.21. The molecule has 2 aromatic carbocycles. The van der Waals surface area contributed by atoms with Crippen molar-refractivity contribution in [1.29, 1.82) is 5.26 Å². The smallest absolute Gasteiger partial charge is 0.191 e. The summed E-state index contributed by atoms with van der Waals surface area (Å²) in [4.78, 5) is 0. The largest absolute Gasteiger partial charge is 0.455 e. The standard InChI is InChI=1S/C19H14N4OS/c20-12-14-6-8-15(9-7-14)18-11-10-17(24-18)13-21-23-19(25)22-16-4-2-1-3-5-16/h1-11,13H,(H2,22,23,25)/b21-13-. The van der Waals surface area contributed by atoms with Gasteiger partial charge in [0.25, 0.3) is 0 Å². The number of benzene rings is 2. The highest BCUT2D eigenvalue weighted by atomic mass is 32.1. The molecule has 0 radical (unpaired) electrons. The second-order valence-electron chi connectivity index (χ2n) is 5.08. The maximum atomic E-state index is 8.82. The van der Waals surface area contributed by atoms with Gasteiger partial charge < -0.3 is 9.73 Å². The zero-order chi connectivity index (χ0) is 17.5. The summed E-state index contributed by atoms with van der Waals surface area (Å²) in [5, 5.41) is 16.3. The molecule has 0 saturated carbocycles. The van der Waals surface area contributed by atoms with Crippen molar-refractivity contribution in [3.63, 3.8) is 0 Å². The Hall–Kier alpha value is -3.43. The van der Waals surface area contributed by atoms with E-state index >= 15 is 0 Å². The summed E-state index contributed by atoms with van der Waals surface area (Å²) in [5.74, 6) is 1.30. The average Bonchev–Trinajstić information content (AvgIpc) is 3.11. The quantitative estimate of drug-likeness (QED) is 0.422. The molecule has 0 spiro atoms. The van der Waals surface area contributed by atoms with Gasteiger partial charge in [0.15, 0.2) is 5.11 Å². The van der Waals surface area contributed by atoms with Crippen LogP contribution in [0.2, 0.25) is 0 Å². The van der Waals surface area contributed by atoms with Gasteiger partial charge >= 0.3 is 0 Å². The molecule has 1 heterocycles. The van der Waals surface area contributed by atoms with Crippen LogP contribution in [0.15, 0.2) is 76.2 Å². The topological polar surface area (TPSA) is 73.3 Å². The van der Waals surface area contributed by atoms with E-state index in [1.165, 1.54) is 0 Å². The van der Waals surface area contributed by atoms with Crippen molar-refractivity contribution in [2.75, 3.05) is 5.32 Å². The number of hydrazone groups is 1. The Kier molecular flexibility index (Phi) is 5.19. The van der Waals surface area contributed by atoms with Crippen LogP contribution in [0.4, 0.5) is 5.69 Å². The molecular formula is C19H14N4OS. The van der Waals surface area contributed by atoms with Gasteiger partial charge in [-0.1, -0.05) is 18.2 Å². The van der Waals surface area contributed by atoms with Crippen LogP contribution < -0.4 is 10.7 Å². The number of thiocarbonyl (C=S) groups is 1. The van der Waals surface area contributed by atoms with Crippen LogP contribution in [-0.2, 0) is 0 Å². The zero-order valence-electron chi connectivity index (χ0n) is 13.1. The Labute approximate surface area is 150 Å². The predicted octanol–water partition coefficient (Wildman–Crippen LogP) is 4.14. The molecule has 0 aliphatic heterocycles. The van der Waals surface area contributed by atoms with Gasteiger partial charge in [-0.3, -0.25) is 5.43 Å². The lowest BCUT2D eigenvalue weighted by molar-refractivity contribution is 0.574. The van der Waals surface area contributed by atoms with E-state index in [2.05, 4.69) is 21.9 Å². The summed E-state index contributed by atoms with van der Waals surface area (Å²) in [5.41, 5.74) is 5.13. The molecule has 0 fully saturated rings. The maximum absolute atomic E-state index is 8.82. The van der Waals surface area contributed by atoms with Crippen LogP contribution in [0, 0.1) is 11.3 Å². The minimum atomic E-state index is 0.390. The van der Waals surface area contributed by atoms with E-state index in [0.29, 0.717) is 22.2 Å². The number of hydrogen-bond acceptors (Lipinski definition) is 4. The third-order valence-corrected chi connectivity index (χ3v) is 3.51. The Balaban J connectivity index is 1.58. The molecule has 2 N–H and O–H groups in total. The summed E-state index contributed by atoms with van der Waals surface area (Å²) < 4.78 is 5.71. The average molecular weight is 346 g/mol. The lowest BCUT2D eigenvalue weighted by Crippen LogP contribution is -2.23. The minimum absolute atomic E-state index is 0.390. The highest BCUT2D eigenvalue weighted by Gasteiger charge is 2.03. The van der Waals surface area contributed by atoms with Gasteiger partial charge in [0.05, 0.1) is 17.8 Å². The Morgan fingerprint density at radius 1 is 1.04 bits per heavy atom. The van der Waals surface area contributed by atoms with E-state index < -0.39 is 0 Å². The molecule has 122 valence electrons. The van der Waals surface area contributed by atoms with Crippen molar-refractivity contribution >= 4 is 29.2 Å². The van der Waals surface area contributed by atoms with Gasteiger partial charge in [-0.25, -0.2) is 0 Å². The summed E-state index contributed by atoms with van der Waals surface area (Å²) in [6.07, 6.45) is 1.55. The molecule has 0 unspecified atom stereocenters. The third kappa shape index (κ3) is 4.53. The fourth-order valence-electron chi connectivity index (χ4n) is 2.12. The first-order chi connectivity index (χ1) is 12.2. The van der Waals surface area contributed by atoms with Gasteiger partial charge in [-0.15, -0.1) is 0 Å². The second kappa shape index (κ2) is 7.90. The van der Waals surface area contributed by atoms with Crippen LogP contribution in [0.3, 0.4) is 0 Å². The molecule has 1 aromatic heterocycles. The summed E-state index contributed by atoms with van der Waals surface area (Å²) in [6, 6.07) is 22.5. The maximum Gasteiger partial charge on any atom is 0.191 e. The SMILES string of the molecule is N#Cc1ccc(-c2ccc(/C=N\NC(=S)Nc3ccccc3)o2)cc1. The van der Waals surface area contributed by atoms with Gasteiger partial charge in [0.1, 0.15) is 11.5 Å². The number of nitrogens with zero attached hydrogens (tertiary/aromatic N) is 2. The van der Waals surface area contributed by atoms with Crippen molar-refractivity contribution in [1.82, 2.24) is 5.43 Å². The number of hydrogen-bond donors (Lipinski definition) is 2. The molecule has 0 aliphatic carbocycles. The monoisotopic (exact) mass is 346 g/mol. The summed E-state index contributed by atoms with van der Waals surface area (Å²) in [7, 11) is 0. The number of rotatable bonds is 4. The number of furan rings is 1. The van der Waals surface area contributed by atoms with E-state index in [-0.39, 0.29) is 0 Å². The fraction of sp³-hybridized carbons (Fsp3) is 0. The summed E-state index contributed by atoms with van der Waals surface area (Å²) in [6.45, 7) is 0. The van der Waals surface area contributed by atoms with Crippen LogP contribution in [0.1, 0.15) is 11.3 Å². The molecule has 0 atom stereocenters. The van der Waals surface area contributed by atoms with Crippen molar-refractivity contribution in [3.05, 3.63) is 78.1 Å². The predicted molar refractivity (Wildman–Crippen MR) is 102 cm³/mol. The molecule has 3 rings (SSSR count). The Morgan fingerprint density at radius 2 is 1.80 bits per heavy atom. The Bertz CT molecular complexity index is 924. The van der Waals surface area contributed by atoms with Gasteiger partial charge in [-0.2, -0.15) is 10.4 Å². The van der Waals surface area contributed by atoms with Crippen molar-refractivity contribution < 1.29 is 4.42 Å². The highest BCUT2D eigenvalue weighted by molar-refractivity contribution is 7.80. The van der Waals surface area contributed by atoms with Crippen molar-refractivity contribution in [2.45, 2.75) is 0 Å². The second-order valence-corrected chi connectivity index (χ2v) is 5.49. The van der Waals surface area contributed by atoms with E-state index in [1.54, 1.807) is 18.3 Å². The van der Waals surface area contributed by atoms with E-state index in [0.717, 1.165) is 11.3 Å². The fourth-order valence-corrected chi connectivity index (χ4v) is 2.29. The third-order valence-electron chi connectivity index (χ3n) is 3.31. The van der Waals surface area contributed by atoms with Crippen molar-refractivity contribution in [2.24, 2.45) is 5.10 Å². The van der Waals surface area contributed by atoms with Gasteiger partial charge in [0, 0.05) is 11.3 Å². The molecule has 25 heavy (non-hydrogen) atoms. The molecule has 0 aliphatic rings. The van der Waals surface area contributed by atoms with Crippen LogP contribution in [0.5, 0.6) is 0 Å². The zero-order valence-corrected chi connectivity index (χ0v) is 14.0. The number of nitriles is 1. The molecule has 0 bridgehead atoms. The molecule has 3 aromatic rings. The Morgan fingerprint density at radius 3 is 2.52 bits per heavy atom. The van der Waals surface area contributed by atoms with Crippen LogP contribution >= 0.6 is 12.2 Å². The first-order valence-corrected chi connectivity index (χ1v) is 7.91. The molecular weight excluding hydrogens is 332 g/mol. The first-order valence-electron chi connectivity index (χ1n) is 7.50. The van der Waals surface area contributed by atoms with E-state index in [9.17, 15) is 0 Å². The van der Waals surface area contributed by atoms with Gasteiger partial charge in [0.2, 0.25) is 0 Å². The number of para-hydroxylation sites is 1. The lowest BCUT2D eigenvalue weighted by atomic mass is 10.1.